The first kappa shape index (κ1) is 16.2. The summed E-state index contributed by atoms with van der Waals surface area (Å²) in [6, 6.07) is 0. The number of nitrogens with zero attached hydrogens (tertiary/aromatic N) is 1. The fraction of sp³-hybridized carbons (Fsp3) is 0.444. The van der Waals surface area contributed by atoms with Gasteiger partial charge in [0.2, 0.25) is 0 Å². The maximum atomic E-state index is 11.6. The summed E-state index contributed by atoms with van der Waals surface area (Å²) in [7, 11) is -4.29. The third-order valence-electron chi connectivity index (χ3n) is 1.86. The van der Waals surface area contributed by atoms with E-state index in [9.17, 15) is 18.0 Å². The molecular weight excluding hydrogens is 310 g/mol. The average Bonchev–Trinajstić information content (AvgIpc) is 2.55. The Balaban J connectivity index is 2.87. The minimum Gasteiger partial charge on any atom is -0.478 e. The summed E-state index contributed by atoms with van der Waals surface area (Å²) in [4.78, 5) is 22.2. The number of carboxylic acid groups (broad SMARTS) is 1. The van der Waals surface area contributed by atoms with E-state index in [-0.39, 0.29) is 16.3 Å². The lowest BCUT2D eigenvalue weighted by atomic mass is 10.2. The predicted molar refractivity (Wildman–Crippen MR) is 71.1 cm³/mol. The number of hydrogen-bond acceptors (Lipinski definition) is 7. The normalized spacial score (nSPS) is 11.2. The molecule has 3 N–H and O–H groups in total. The Bertz CT molecular complexity index is 622. The second kappa shape index (κ2) is 6.05. The monoisotopic (exact) mass is 323 g/mol. The van der Waals surface area contributed by atoms with Gasteiger partial charge in [-0.05, 0) is 32.3 Å². The molecule has 1 amide bonds. The van der Waals surface area contributed by atoms with E-state index in [1.54, 1.807) is 18.6 Å². The van der Waals surface area contributed by atoms with E-state index in [1.165, 1.54) is 6.92 Å². The van der Waals surface area contributed by atoms with Gasteiger partial charge in [0.25, 0.3) is 0 Å². The third-order valence-corrected chi connectivity index (χ3v) is 3.76. The molecule has 0 aliphatic heterocycles. The molecule has 1 rings (SSSR count). The molecule has 0 radical (unpaired) electrons. The summed E-state index contributed by atoms with van der Waals surface area (Å²) in [6.45, 7) is 4.53. The van der Waals surface area contributed by atoms with E-state index in [4.69, 9.17) is 5.11 Å². The number of aryl methyl sites for hydroxylation is 1. The van der Waals surface area contributed by atoms with Gasteiger partial charge in [-0.1, -0.05) is 0 Å². The van der Waals surface area contributed by atoms with Crippen molar-refractivity contribution >= 4 is 38.8 Å². The van der Waals surface area contributed by atoms with Crippen LogP contribution < -0.4 is 9.44 Å². The van der Waals surface area contributed by atoms with Crippen molar-refractivity contribution in [3.63, 3.8) is 0 Å². The van der Waals surface area contributed by atoms with Crippen LogP contribution in [0.25, 0.3) is 0 Å². The first-order valence-corrected chi connectivity index (χ1v) is 7.58. The highest BCUT2D eigenvalue weighted by Crippen LogP contribution is 2.25. The van der Waals surface area contributed by atoms with Crippen molar-refractivity contribution in [2.75, 3.05) is 4.72 Å². The van der Waals surface area contributed by atoms with E-state index in [0.29, 0.717) is 11.5 Å². The molecule has 1 aromatic rings. The van der Waals surface area contributed by atoms with Crippen molar-refractivity contribution in [1.82, 2.24) is 9.10 Å². The highest BCUT2D eigenvalue weighted by Gasteiger charge is 2.23. The number of carbonyl (C=O) groups is 2. The maximum Gasteiger partial charge on any atom is 0.422 e. The molecule has 0 aliphatic rings. The minimum absolute atomic E-state index is 0.171. The van der Waals surface area contributed by atoms with E-state index in [0.717, 1.165) is 0 Å². The Morgan fingerprint density at radius 1 is 1.40 bits per heavy atom. The van der Waals surface area contributed by atoms with Gasteiger partial charge >= 0.3 is 22.3 Å². The summed E-state index contributed by atoms with van der Waals surface area (Å²) in [5.41, 5.74) is -0.0949. The molecule has 112 valence electrons. The number of nitrogens with one attached hydrogen (secondary N) is 2. The van der Waals surface area contributed by atoms with Gasteiger partial charge in [-0.3, -0.25) is 4.72 Å². The molecule has 1 heterocycles. The van der Waals surface area contributed by atoms with Gasteiger partial charge in [0.15, 0.2) is 0 Å². The van der Waals surface area contributed by atoms with Crippen LogP contribution in [0.15, 0.2) is 0 Å². The number of rotatable bonds is 5. The smallest absolute Gasteiger partial charge is 0.422 e. The maximum absolute atomic E-state index is 11.6. The van der Waals surface area contributed by atoms with Crippen molar-refractivity contribution < 1.29 is 27.9 Å². The van der Waals surface area contributed by atoms with Crippen LogP contribution in [-0.2, 0) is 14.9 Å². The van der Waals surface area contributed by atoms with Crippen LogP contribution in [0, 0.1) is 6.92 Å². The largest absolute Gasteiger partial charge is 0.478 e. The summed E-state index contributed by atoms with van der Waals surface area (Å²) < 4.78 is 35.2. The van der Waals surface area contributed by atoms with Crippen molar-refractivity contribution in [3.05, 3.63) is 11.3 Å². The molecule has 0 unspecified atom stereocenters. The molecule has 0 spiro atoms. The number of hydrogen-bond donors (Lipinski definition) is 3. The number of carboxylic acids is 1. The second-order valence-electron chi connectivity index (χ2n) is 3.94. The number of carbonyl (C=O) groups excluding carboxylic acids is 1. The highest BCUT2D eigenvalue weighted by atomic mass is 32.2. The zero-order chi connectivity index (χ0) is 15.5. The summed E-state index contributed by atoms with van der Waals surface area (Å²) in [5.74, 6) is -1.32. The zero-order valence-electron chi connectivity index (χ0n) is 10.8. The van der Waals surface area contributed by atoms with Gasteiger partial charge in [0, 0.05) is 0 Å². The van der Waals surface area contributed by atoms with Crippen molar-refractivity contribution in [3.8, 4) is 0 Å². The summed E-state index contributed by atoms with van der Waals surface area (Å²) >= 11 is 0.659. The third kappa shape index (κ3) is 4.35. The Labute approximate surface area is 119 Å². The Hall–Kier alpha value is -1.88. The number of anilines is 1. The predicted octanol–water partition coefficient (Wildman–Crippen LogP) is 0.941. The van der Waals surface area contributed by atoms with Crippen LogP contribution in [0.4, 0.5) is 9.80 Å². The Kier molecular flexibility index (Phi) is 4.89. The van der Waals surface area contributed by atoms with Crippen molar-refractivity contribution in [2.45, 2.75) is 26.9 Å². The molecule has 0 aliphatic carbocycles. The van der Waals surface area contributed by atoms with Gasteiger partial charge in [0.05, 0.1) is 11.8 Å². The van der Waals surface area contributed by atoms with Gasteiger partial charge in [-0.25, -0.2) is 14.3 Å². The molecule has 0 bridgehead atoms. The van der Waals surface area contributed by atoms with E-state index in [1.807, 2.05) is 4.72 Å². The topological polar surface area (TPSA) is 135 Å². The van der Waals surface area contributed by atoms with Gasteiger partial charge in [-0.15, -0.1) is 0 Å². The lowest BCUT2D eigenvalue weighted by Crippen LogP contribution is -2.36. The van der Waals surface area contributed by atoms with E-state index in [2.05, 4.69) is 9.11 Å². The van der Waals surface area contributed by atoms with Crippen molar-refractivity contribution in [2.24, 2.45) is 0 Å². The first-order valence-electron chi connectivity index (χ1n) is 5.33. The quantitative estimate of drug-likeness (QED) is 0.734. The molecule has 0 saturated carbocycles. The molecule has 1 aromatic heterocycles. The minimum atomic E-state index is -4.29. The molecule has 11 heteroatoms. The molecule has 0 saturated heterocycles. The lowest BCUT2D eigenvalue weighted by Gasteiger charge is -2.10. The van der Waals surface area contributed by atoms with E-state index < -0.39 is 28.4 Å². The molecule has 0 fully saturated rings. The lowest BCUT2D eigenvalue weighted by molar-refractivity contribution is 0.0697. The van der Waals surface area contributed by atoms with Gasteiger partial charge in [0.1, 0.15) is 10.6 Å². The average molecular weight is 323 g/mol. The van der Waals surface area contributed by atoms with Gasteiger partial charge < -0.3 is 9.84 Å². The fourth-order valence-corrected chi connectivity index (χ4v) is 2.98. The van der Waals surface area contributed by atoms with Crippen LogP contribution in [-0.4, -0.2) is 36.1 Å². The SMILES string of the molecule is Cc1nsc(NS(=O)(=O)NC(=O)OC(C)C)c1C(=O)O. The molecule has 0 aromatic carbocycles. The van der Waals surface area contributed by atoms with Gasteiger partial charge in [-0.2, -0.15) is 12.8 Å². The highest BCUT2D eigenvalue weighted by molar-refractivity contribution is 7.91. The molecule has 9 nitrogen and oxygen atoms in total. The van der Waals surface area contributed by atoms with E-state index >= 15 is 0 Å². The van der Waals surface area contributed by atoms with Crippen LogP contribution in [0.2, 0.25) is 0 Å². The summed E-state index contributed by atoms with van der Waals surface area (Å²) in [5, 5.41) is 8.76. The van der Waals surface area contributed by atoms with Crippen LogP contribution in [0.1, 0.15) is 29.9 Å². The number of aromatic carboxylic acids is 1. The van der Waals surface area contributed by atoms with Crippen molar-refractivity contribution in [1.29, 1.82) is 0 Å². The zero-order valence-corrected chi connectivity index (χ0v) is 12.5. The Morgan fingerprint density at radius 2 is 2.00 bits per heavy atom. The molecular formula is C9H13N3O6S2. The van der Waals surface area contributed by atoms with Crippen LogP contribution >= 0.6 is 11.5 Å². The summed E-state index contributed by atoms with van der Waals surface area (Å²) in [6.07, 6.45) is -1.66. The number of ether oxygens (including phenoxy) is 1. The first-order chi connectivity index (χ1) is 9.12. The number of aromatic nitrogens is 1. The second-order valence-corrected chi connectivity index (χ2v) is 6.13. The molecule has 0 atom stereocenters. The van der Waals surface area contributed by atoms with Crippen LogP contribution in [0.3, 0.4) is 0 Å². The Morgan fingerprint density at radius 3 is 2.50 bits per heavy atom. The molecule has 20 heavy (non-hydrogen) atoms. The van der Waals surface area contributed by atoms with Crippen LogP contribution in [0.5, 0.6) is 0 Å². The fourth-order valence-electron chi connectivity index (χ4n) is 1.19. The standard InChI is InChI=1S/C9H13N3O6S2/c1-4(2)18-9(15)12-20(16,17)11-7-6(8(13)14)5(3)10-19-7/h4,11H,1-3H3,(H,12,15)(H,13,14). The number of amides is 1.